The smallest absolute Gasteiger partial charge is 0.219 e. The van der Waals surface area contributed by atoms with Gasteiger partial charge in [0.25, 0.3) is 0 Å². The van der Waals surface area contributed by atoms with Crippen molar-refractivity contribution in [2.75, 3.05) is 71.2 Å². The molecule has 56 heavy (non-hydrogen) atoms. The molecule has 0 aliphatic carbocycles. The fraction of sp³-hybridized carbons (Fsp3) is 0.425. The number of allylic oxidation sites excluding steroid dienone is 1. The molecule has 5 rings (SSSR count). The third-order valence-corrected chi connectivity index (χ3v) is 10.0. The fourth-order valence-corrected chi connectivity index (χ4v) is 7.03. The van der Waals surface area contributed by atoms with Crippen molar-refractivity contribution >= 4 is 66.4 Å². The zero-order valence-electron chi connectivity index (χ0n) is 33.2. The quantitative estimate of drug-likeness (QED) is 0.0354. The summed E-state index contributed by atoms with van der Waals surface area (Å²) in [6, 6.07) is 15.9. The normalized spacial score (nSPS) is 15.9. The van der Waals surface area contributed by atoms with Crippen LogP contribution >= 0.6 is 23.4 Å². The first-order valence-electron chi connectivity index (χ1n) is 18.3. The largest absolute Gasteiger partial charge is 0.486 e. The van der Waals surface area contributed by atoms with Gasteiger partial charge >= 0.3 is 0 Å². The number of para-hydroxylation sites is 1. The van der Waals surface area contributed by atoms with E-state index in [0.717, 1.165) is 65.9 Å². The number of piperazine rings is 1. The van der Waals surface area contributed by atoms with Gasteiger partial charge in [-0.15, -0.1) is 0 Å². The van der Waals surface area contributed by atoms with Crippen LogP contribution in [0.5, 0.6) is 5.75 Å². The second-order valence-corrected chi connectivity index (χ2v) is 14.0. The molecule has 2 aromatic carbocycles. The molecule has 304 valence electrons. The van der Waals surface area contributed by atoms with Gasteiger partial charge in [-0.1, -0.05) is 47.6 Å². The third-order valence-electron chi connectivity index (χ3n) is 8.87. The number of aliphatic imine (C=N–C) groups is 1. The van der Waals surface area contributed by atoms with Crippen LogP contribution in [0.4, 0.5) is 11.5 Å². The molecular formula is C40H56ClN9O5S. The number of nitrogens with one attached hydrogen (secondary N) is 3. The number of thioether (sulfide) groups is 1. The number of ether oxygens (including phenoxy) is 1. The Balaban J connectivity index is 0.000000308. The van der Waals surface area contributed by atoms with Gasteiger partial charge in [-0.3, -0.25) is 24.3 Å². The highest BCUT2D eigenvalue weighted by Gasteiger charge is 2.51. The molecule has 2 fully saturated rings. The van der Waals surface area contributed by atoms with Crippen molar-refractivity contribution in [2.45, 2.75) is 56.1 Å². The molecule has 1 amide bonds. The number of carbonyl (C=O) groups is 4. The summed E-state index contributed by atoms with van der Waals surface area (Å²) in [7, 11) is 6.93. The zero-order valence-corrected chi connectivity index (χ0v) is 34.7. The Hall–Kier alpha value is -4.67. The lowest BCUT2D eigenvalue weighted by Gasteiger charge is -2.62. The van der Waals surface area contributed by atoms with E-state index in [1.165, 1.54) is 37.0 Å². The van der Waals surface area contributed by atoms with E-state index in [1.807, 2.05) is 52.2 Å². The van der Waals surface area contributed by atoms with Crippen LogP contribution in [0.25, 0.3) is 0 Å². The molecule has 0 bridgehead atoms. The first kappa shape index (κ1) is 47.5. The van der Waals surface area contributed by atoms with Crippen molar-refractivity contribution in [1.82, 2.24) is 25.5 Å². The van der Waals surface area contributed by atoms with E-state index in [4.69, 9.17) is 16.3 Å². The Bertz CT molecular complexity index is 1710. The molecule has 14 nitrogen and oxygen atoms in total. The Morgan fingerprint density at radius 3 is 2.36 bits per heavy atom. The van der Waals surface area contributed by atoms with Crippen LogP contribution in [0.2, 0.25) is 5.02 Å². The minimum atomic E-state index is -0.308. The van der Waals surface area contributed by atoms with E-state index in [1.54, 1.807) is 31.3 Å². The number of anilines is 2. The molecule has 16 heteroatoms. The lowest BCUT2D eigenvalue weighted by atomic mass is 9.85. The highest BCUT2D eigenvalue weighted by atomic mass is 35.5. The minimum absolute atomic E-state index is 0.00707. The molecule has 0 spiro atoms. The predicted octanol–water partition coefficient (Wildman–Crippen LogP) is 4.44. The van der Waals surface area contributed by atoms with Crippen LogP contribution in [-0.2, 0) is 19.2 Å². The van der Waals surface area contributed by atoms with E-state index < -0.39 is 0 Å². The Kier molecular flexibility index (Phi) is 22.2. The standard InChI is InChI=1S/C17H24N6OS.C14H17NO4.C8H10ClN.CH5N/c1-12-20-16(7-17(21-12)25-13(11-24)8-19-3)23-10-14-15(23)9-22(14)6-4-5-18-2;1-15-14(18)7-4-12(10-17)11-2-5-13(6-3-11)19-9-8-16;1-6-4-3-5-7(9)8(6)10-2;1-2/h7-8,11,14-15,18H,3-6,9-10H2,1-2H3;2-3,5-6,8,10,12H,4,7,9H2,1H3,(H,15,18);3-5,10H,1-2H3;2H2,1H3/b13-8-;;;/t14?,15-;;;/m0.../s1. The maximum atomic E-state index is 11.2. The van der Waals surface area contributed by atoms with Crippen LogP contribution in [0.15, 0.2) is 69.7 Å². The summed E-state index contributed by atoms with van der Waals surface area (Å²) < 4.78 is 5.12. The van der Waals surface area contributed by atoms with Gasteiger partial charge in [0, 0.05) is 57.8 Å². The summed E-state index contributed by atoms with van der Waals surface area (Å²) in [5, 5.41) is 10.3. The molecule has 3 atom stereocenters. The molecule has 2 saturated heterocycles. The van der Waals surface area contributed by atoms with Crippen molar-refractivity contribution in [3.63, 3.8) is 0 Å². The molecule has 3 aromatic rings. The van der Waals surface area contributed by atoms with E-state index in [-0.39, 0.29) is 18.4 Å². The maximum Gasteiger partial charge on any atom is 0.219 e. The topological polar surface area (TPSA) is 184 Å². The van der Waals surface area contributed by atoms with Gasteiger partial charge in [-0.05, 0) is 89.9 Å². The van der Waals surface area contributed by atoms with Crippen molar-refractivity contribution < 1.29 is 23.9 Å². The summed E-state index contributed by atoms with van der Waals surface area (Å²) in [5.41, 5.74) is 7.52. The van der Waals surface area contributed by atoms with Crippen molar-refractivity contribution in [1.29, 1.82) is 0 Å². The molecular weight excluding hydrogens is 754 g/mol. The summed E-state index contributed by atoms with van der Waals surface area (Å²) in [6.45, 7) is 11.6. The van der Waals surface area contributed by atoms with Gasteiger partial charge in [0.05, 0.1) is 21.7 Å². The number of carbonyl (C=O) groups excluding carboxylic acids is 4. The number of hydrogen-bond donors (Lipinski definition) is 4. The number of aldehydes is 3. The number of aryl methyl sites for hydroxylation is 2. The average molecular weight is 810 g/mol. The number of amides is 1. The average Bonchev–Trinajstić information content (AvgIpc) is 3.20. The van der Waals surface area contributed by atoms with Crippen LogP contribution in [0.1, 0.15) is 42.1 Å². The minimum Gasteiger partial charge on any atom is -0.486 e. The van der Waals surface area contributed by atoms with E-state index in [2.05, 4.69) is 53.2 Å². The monoisotopic (exact) mass is 809 g/mol. The second-order valence-electron chi connectivity index (χ2n) is 12.5. The van der Waals surface area contributed by atoms with Gasteiger partial charge in [-0.25, -0.2) is 9.97 Å². The van der Waals surface area contributed by atoms with Crippen molar-refractivity contribution in [2.24, 2.45) is 10.7 Å². The Labute approximate surface area is 340 Å². The Morgan fingerprint density at radius 1 is 1.09 bits per heavy atom. The molecule has 0 saturated carbocycles. The number of rotatable bonds is 18. The number of hydrogen-bond acceptors (Lipinski definition) is 14. The molecule has 0 radical (unpaired) electrons. The molecule has 2 aliphatic heterocycles. The number of nitrogens with two attached hydrogens (primary N) is 1. The van der Waals surface area contributed by atoms with E-state index in [0.29, 0.717) is 47.7 Å². The van der Waals surface area contributed by atoms with Crippen molar-refractivity contribution in [3.05, 3.63) is 81.6 Å². The molecule has 1 aromatic heterocycles. The summed E-state index contributed by atoms with van der Waals surface area (Å²) in [4.78, 5) is 61.5. The van der Waals surface area contributed by atoms with Gasteiger partial charge in [0.2, 0.25) is 5.91 Å². The zero-order chi connectivity index (χ0) is 41.5. The van der Waals surface area contributed by atoms with Crippen LogP contribution in [0.3, 0.4) is 0 Å². The van der Waals surface area contributed by atoms with Gasteiger partial charge in [0.1, 0.15) is 35.3 Å². The van der Waals surface area contributed by atoms with Gasteiger partial charge in [0.15, 0.2) is 12.6 Å². The maximum absolute atomic E-state index is 11.2. The van der Waals surface area contributed by atoms with Crippen LogP contribution < -0.4 is 31.3 Å². The van der Waals surface area contributed by atoms with Crippen LogP contribution in [0, 0.1) is 13.8 Å². The Morgan fingerprint density at radius 2 is 1.82 bits per heavy atom. The first-order chi connectivity index (χ1) is 27.1. The molecule has 5 N–H and O–H groups in total. The SMILES string of the molecule is C=N/C=C(/C=O)Sc1cc(N2CC3[C@@H]2CN3CCCNC)nc(C)n1.CN.CNC(=O)CCC(C=O)c1ccc(OCC=O)cc1.CNc1c(C)cccc1Cl. The lowest BCUT2D eigenvalue weighted by Crippen LogP contribution is -2.79. The molecule has 2 aliphatic rings. The first-order valence-corrected chi connectivity index (χ1v) is 19.4. The summed E-state index contributed by atoms with van der Waals surface area (Å²) in [6.07, 6.45) is 5.69. The molecule has 3 heterocycles. The second kappa shape index (κ2) is 26.2. The summed E-state index contributed by atoms with van der Waals surface area (Å²) in [5.74, 6) is 1.84. The number of aromatic nitrogens is 2. The predicted molar refractivity (Wildman–Crippen MR) is 227 cm³/mol. The lowest BCUT2D eigenvalue weighted by molar-refractivity contribution is -0.120. The number of likely N-dealkylation sites (tertiary alicyclic amines) is 1. The highest BCUT2D eigenvalue weighted by molar-refractivity contribution is 8.03. The van der Waals surface area contributed by atoms with Gasteiger partial charge in [-0.2, -0.15) is 0 Å². The van der Waals surface area contributed by atoms with Crippen molar-refractivity contribution in [3.8, 4) is 5.75 Å². The number of benzene rings is 2. The summed E-state index contributed by atoms with van der Waals surface area (Å²) >= 11 is 7.16. The van der Waals surface area contributed by atoms with Crippen LogP contribution in [-0.4, -0.2) is 119 Å². The number of halogens is 1. The number of fused-ring (bicyclic) bond motifs is 1. The highest BCUT2D eigenvalue weighted by Crippen LogP contribution is 2.38. The van der Waals surface area contributed by atoms with E-state index >= 15 is 0 Å². The molecule has 2 unspecified atom stereocenters. The van der Waals surface area contributed by atoms with Gasteiger partial charge < -0.3 is 36.1 Å². The fourth-order valence-electron chi connectivity index (χ4n) is 5.96. The third kappa shape index (κ3) is 14.8. The number of nitrogens with zero attached hydrogens (tertiary/aromatic N) is 5. The van der Waals surface area contributed by atoms with E-state index in [9.17, 15) is 19.2 Å².